The largest absolute Gasteiger partial charge is 0.488 e. The summed E-state index contributed by atoms with van der Waals surface area (Å²) in [5, 5.41) is 6.68. The molecule has 0 bridgehead atoms. The van der Waals surface area contributed by atoms with Crippen LogP contribution in [0.4, 0.5) is 0 Å². The van der Waals surface area contributed by atoms with Crippen LogP contribution in [-0.2, 0) is 12.8 Å². The van der Waals surface area contributed by atoms with Crippen LogP contribution < -0.4 is 15.4 Å². The molecule has 3 aromatic rings. The second kappa shape index (κ2) is 9.77. The maximum atomic E-state index is 5.97. The second-order valence-electron chi connectivity index (χ2n) is 6.65. The zero-order valence-electron chi connectivity index (χ0n) is 15.9. The fourth-order valence-electron chi connectivity index (χ4n) is 3.31. The lowest BCUT2D eigenvalue weighted by Gasteiger charge is -2.13. The summed E-state index contributed by atoms with van der Waals surface area (Å²) in [4.78, 5) is 12.7. The lowest BCUT2D eigenvalue weighted by atomic mass is 10.1. The van der Waals surface area contributed by atoms with E-state index in [1.165, 1.54) is 5.56 Å². The number of ether oxygens (including phenoxy) is 1. The number of halogens is 1. The summed E-state index contributed by atoms with van der Waals surface area (Å²) in [6, 6.07) is 16.3. The Morgan fingerprint density at radius 1 is 1.18 bits per heavy atom. The first-order chi connectivity index (χ1) is 13.3. The lowest BCUT2D eigenvalue weighted by Crippen LogP contribution is -2.39. The van der Waals surface area contributed by atoms with Gasteiger partial charge in [-0.15, -0.1) is 24.0 Å². The number of nitrogens with one attached hydrogen (secondary N) is 3. The molecular weight excluding hydrogens is 465 g/mol. The van der Waals surface area contributed by atoms with E-state index >= 15 is 0 Å². The number of aliphatic imine (C=N–C) groups is 1. The predicted molar refractivity (Wildman–Crippen MR) is 124 cm³/mol. The molecule has 1 unspecified atom stereocenters. The fraction of sp³-hybridized carbons (Fsp3) is 0.333. The van der Waals surface area contributed by atoms with Crippen LogP contribution in [-0.4, -0.2) is 41.7 Å². The topological polar surface area (TPSA) is 74.3 Å². The van der Waals surface area contributed by atoms with Gasteiger partial charge < -0.3 is 20.4 Å². The van der Waals surface area contributed by atoms with E-state index < -0.39 is 0 Å². The third kappa shape index (κ3) is 4.95. The molecule has 0 saturated carbocycles. The number of benzene rings is 2. The molecule has 2 aromatic carbocycles. The highest BCUT2D eigenvalue weighted by Crippen LogP contribution is 2.28. The molecule has 0 spiro atoms. The molecule has 2 heterocycles. The summed E-state index contributed by atoms with van der Waals surface area (Å²) in [6.45, 7) is 4.28. The Hall–Kier alpha value is -2.29. The molecule has 1 aliphatic heterocycles. The molecule has 3 N–H and O–H groups in total. The van der Waals surface area contributed by atoms with Gasteiger partial charge in [0.15, 0.2) is 5.96 Å². The average molecular weight is 491 g/mol. The first-order valence-corrected chi connectivity index (χ1v) is 9.52. The normalized spacial score (nSPS) is 15.6. The Kier molecular flexibility index (Phi) is 7.13. The number of para-hydroxylation sites is 3. The van der Waals surface area contributed by atoms with E-state index in [0.29, 0.717) is 6.54 Å². The van der Waals surface area contributed by atoms with Crippen molar-refractivity contribution < 1.29 is 4.74 Å². The highest BCUT2D eigenvalue weighted by atomic mass is 127. The van der Waals surface area contributed by atoms with Crippen LogP contribution in [0.3, 0.4) is 0 Å². The van der Waals surface area contributed by atoms with Crippen molar-refractivity contribution in [2.24, 2.45) is 4.99 Å². The molecule has 1 atom stereocenters. The van der Waals surface area contributed by atoms with Crippen LogP contribution in [0.5, 0.6) is 5.75 Å². The molecule has 1 aliphatic rings. The minimum Gasteiger partial charge on any atom is -0.488 e. The Morgan fingerprint density at radius 3 is 2.82 bits per heavy atom. The van der Waals surface area contributed by atoms with Crippen molar-refractivity contribution in [1.82, 2.24) is 20.6 Å². The molecule has 6 nitrogen and oxygen atoms in total. The second-order valence-corrected chi connectivity index (χ2v) is 6.65. The van der Waals surface area contributed by atoms with E-state index in [-0.39, 0.29) is 30.1 Å². The van der Waals surface area contributed by atoms with Crippen LogP contribution in [0.15, 0.2) is 53.5 Å². The number of imidazole rings is 1. The van der Waals surface area contributed by atoms with Crippen LogP contribution in [0, 0.1) is 0 Å². The van der Waals surface area contributed by atoms with E-state index in [0.717, 1.165) is 54.5 Å². The zero-order valence-corrected chi connectivity index (χ0v) is 18.3. The van der Waals surface area contributed by atoms with E-state index in [2.05, 4.69) is 39.7 Å². The summed E-state index contributed by atoms with van der Waals surface area (Å²) < 4.78 is 5.97. The molecule has 4 rings (SSSR count). The standard InChI is InChI=1S/C21H25N5O.HI/c1-2-22-21(24-14-16-13-15-7-3-6-10-19(15)27-16)23-12-11-20-25-17-8-4-5-9-18(17)26-20;/h3-10,16H,2,11-14H2,1H3,(H,25,26)(H2,22,23,24);1H. The smallest absolute Gasteiger partial charge is 0.191 e. The first kappa shape index (κ1) is 20.4. The number of guanidine groups is 1. The van der Waals surface area contributed by atoms with Crippen molar-refractivity contribution in [2.75, 3.05) is 19.6 Å². The molecule has 0 amide bonds. The molecule has 1 aromatic heterocycles. The summed E-state index contributed by atoms with van der Waals surface area (Å²) >= 11 is 0. The maximum Gasteiger partial charge on any atom is 0.191 e. The van der Waals surface area contributed by atoms with Gasteiger partial charge >= 0.3 is 0 Å². The zero-order chi connectivity index (χ0) is 18.5. The van der Waals surface area contributed by atoms with Crippen molar-refractivity contribution in [1.29, 1.82) is 0 Å². The average Bonchev–Trinajstić information content (AvgIpc) is 3.29. The number of rotatable bonds is 6. The van der Waals surface area contributed by atoms with E-state index in [1.54, 1.807) is 0 Å². The van der Waals surface area contributed by atoms with Gasteiger partial charge in [0.25, 0.3) is 0 Å². The number of hydrogen-bond donors (Lipinski definition) is 3. The summed E-state index contributed by atoms with van der Waals surface area (Å²) in [6.07, 6.45) is 1.83. The Bertz CT molecular complexity index is 881. The van der Waals surface area contributed by atoms with Crippen LogP contribution in [0.1, 0.15) is 18.3 Å². The van der Waals surface area contributed by atoms with Gasteiger partial charge in [0.1, 0.15) is 17.7 Å². The highest BCUT2D eigenvalue weighted by molar-refractivity contribution is 14.0. The van der Waals surface area contributed by atoms with Crippen molar-refractivity contribution in [3.8, 4) is 5.75 Å². The van der Waals surface area contributed by atoms with Gasteiger partial charge in [-0.2, -0.15) is 0 Å². The summed E-state index contributed by atoms with van der Waals surface area (Å²) in [7, 11) is 0. The monoisotopic (exact) mass is 491 g/mol. The third-order valence-electron chi connectivity index (χ3n) is 4.60. The van der Waals surface area contributed by atoms with Gasteiger partial charge in [0.05, 0.1) is 17.6 Å². The highest BCUT2D eigenvalue weighted by Gasteiger charge is 2.21. The number of H-pyrrole nitrogens is 1. The first-order valence-electron chi connectivity index (χ1n) is 9.52. The number of aromatic nitrogens is 2. The van der Waals surface area contributed by atoms with Gasteiger partial charge in [-0.3, -0.25) is 0 Å². The molecule has 148 valence electrons. The quantitative estimate of drug-likeness (QED) is 0.281. The molecule has 0 fully saturated rings. The Morgan fingerprint density at radius 2 is 2.00 bits per heavy atom. The molecule has 0 saturated heterocycles. The molecular formula is C21H26IN5O. The predicted octanol–water partition coefficient (Wildman–Crippen LogP) is 3.28. The summed E-state index contributed by atoms with van der Waals surface area (Å²) in [5.74, 6) is 2.78. The minimum absolute atomic E-state index is 0. The van der Waals surface area contributed by atoms with Crippen molar-refractivity contribution >= 4 is 41.0 Å². The molecule has 0 aliphatic carbocycles. The number of nitrogens with zero attached hydrogens (tertiary/aromatic N) is 2. The van der Waals surface area contributed by atoms with E-state index in [9.17, 15) is 0 Å². The minimum atomic E-state index is 0. The van der Waals surface area contributed by atoms with Gasteiger partial charge in [0, 0.05) is 25.9 Å². The Labute approximate surface area is 182 Å². The van der Waals surface area contributed by atoms with Crippen molar-refractivity contribution in [3.05, 3.63) is 59.9 Å². The fourth-order valence-corrected chi connectivity index (χ4v) is 3.31. The number of hydrogen-bond acceptors (Lipinski definition) is 3. The summed E-state index contributed by atoms with van der Waals surface area (Å²) in [5.41, 5.74) is 3.34. The molecule has 7 heteroatoms. The lowest BCUT2D eigenvalue weighted by molar-refractivity contribution is 0.241. The van der Waals surface area contributed by atoms with Gasteiger partial charge in [-0.25, -0.2) is 9.98 Å². The van der Waals surface area contributed by atoms with Crippen molar-refractivity contribution in [2.45, 2.75) is 25.9 Å². The van der Waals surface area contributed by atoms with Crippen LogP contribution >= 0.6 is 24.0 Å². The van der Waals surface area contributed by atoms with Gasteiger partial charge in [-0.1, -0.05) is 30.3 Å². The number of fused-ring (bicyclic) bond motifs is 2. The van der Waals surface area contributed by atoms with Gasteiger partial charge in [-0.05, 0) is 30.7 Å². The molecule has 0 radical (unpaired) electrons. The van der Waals surface area contributed by atoms with E-state index in [1.807, 2.05) is 36.4 Å². The molecule has 28 heavy (non-hydrogen) atoms. The maximum absolute atomic E-state index is 5.97. The van der Waals surface area contributed by atoms with Gasteiger partial charge in [0.2, 0.25) is 0 Å². The van der Waals surface area contributed by atoms with Crippen molar-refractivity contribution in [3.63, 3.8) is 0 Å². The Balaban J connectivity index is 0.00000225. The number of aromatic amines is 1. The SMILES string of the molecule is CCNC(=NCC1Cc2ccccc2O1)NCCc1nc2ccccc2[nH]1.I. The van der Waals surface area contributed by atoms with Crippen LogP contribution in [0.2, 0.25) is 0 Å². The third-order valence-corrected chi connectivity index (χ3v) is 4.60. The van der Waals surface area contributed by atoms with Crippen LogP contribution in [0.25, 0.3) is 11.0 Å². The van der Waals surface area contributed by atoms with E-state index in [4.69, 9.17) is 9.73 Å².